The van der Waals surface area contributed by atoms with E-state index in [2.05, 4.69) is 18.8 Å². The quantitative estimate of drug-likeness (QED) is 0.850. The third-order valence-corrected chi connectivity index (χ3v) is 4.23. The van der Waals surface area contributed by atoms with Crippen molar-refractivity contribution in [2.45, 2.75) is 26.3 Å². The molecule has 4 heteroatoms. The molecule has 0 radical (unpaired) electrons. The minimum atomic E-state index is 0.0276. The number of carbonyl (C=O) groups excluding carboxylic acids is 1. The van der Waals surface area contributed by atoms with Crippen molar-refractivity contribution in [1.82, 2.24) is 4.90 Å². The zero-order valence-corrected chi connectivity index (χ0v) is 14.0. The lowest BCUT2D eigenvalue weighted by atomic mass is 10.0. The summed E-state index contributed by atoms with van der Waals surface area (Å²) in [7, 11) is 1.84. The maximum absolute atomic E-state index is 12.6. The van der Waals surface area contributed by atoms with Crippen LogP contribution in [0.2, 0.25) is 0 Å². The number of hydrogen-bond donors (Lipinski definition) is 1. The van der Waals surface area contributed by atoms with Crippen molar-refractivity contribution in [3.8, 4) is 11.8 Å². The minimum Gasteiger partial charge on any atom is -0.395 e. The van der Waals surface area contributed by atoms with Gasteiger partial charge in [0.25, 0.3) is 5.91 Å². The van der Waals surface area contributed by atoms with Gasteiger partial charge in [0.05, 0.1) is 6.61 Å². The van der Waals surface area contributed by atoms with Crippen LogP contribution in [0.4, 0.5) is 0 Å². The van der Waals surface area contributed by atoms with Crippen molar-refractivity contribution in [3.63, 3.8) is 0 Å². The van der Waals surface area contributed by atoms with Crippen LogP contribution in [0.25, 0.3) is 0 Å². The molecule has 1 rings (SSSR count). The Kier molecular flexibility index (Phi) is 7.35. The zero-order chi connectivity index (χ0) is 15.8. The molecule has 1 unspecified atom stereocenters. The van der Waals surface area contributed by atoms with Crippen molar-refractivity contribution >= 4 is 17.7 Å². The molecule has 1 N–H and O–H groups in total. The molecule has 1 atom stereocenters. The van der Waals surface area contributed by atoms with Crippen molar-refractivity contribution < 1.29 is 9.90 Å². The summed E-state index contributed by atoms with van der Waals surface area (Å²) in [6, 6.07) is 5.80. The fraction of sp³-hybridized carbons (Fsp3) is 0.471. The van der Waals surface area contributed by atoms with Gasteiger partial charge in [0, 0.05) is 36.4 Å². The van der Waals surface area contributed by atoms with Gasteiger partial charge in [-0.3, -0.25) is 4.79 Å². The molecule has 0 spiro atoms. The topological polar surface area (TPSA) is 40.5 Å². The molecule has 0 aliphatic heterocycles. The molecule has 0 saturated heterocycles. The normalized spacial score (nSPS) is 11.5. The van der Waals surface area contributed by atoms with E-state index in [9.17, 15) is 4.79 Å². The smallest absolute Gasteiger partial charge is 0.254 e. The summed E-state index contributed by atoms with van der Waals surface area (Å²) >= 11 is 1.73. The average Bonchev–Trinajstić information content (AvgIpc) is 2.48. The molecule has 1 aromatic rings. The first-order valence-corrected chi connectivity index (χ1v) is 8.37. The van der Waals surface area contributed by atoms with E-state index >= 15 is 0 Å². The molecule has 1 aromatic carbocycles. The Morgan fingerprint density at radius 1 is 1.48 bits per heavy atom. The average molecular weight is 305 g/mol. The van der Waals surface area contributed by atoms with Crippen LogP contribution in [0.3, 0.4) is 0 Å². The molecular formula is C17H23NO2S. The van der Waals surface area contributed by atoms with Crippen molar-refractivity contribution in [3.05, 3.63) is 34.9 Å². The predicted molar refractivity (Wildman–Crippen MR) is 89.7 cm³/mol. The van der Waals surface area contributed by atoms with Gasteiger partial charge < -0.3 is 10.0 Å². The lowest BCUT2D eigenvalue weighted by Gasteiger charge is -2.25. The summed E-state index contributed by atoms with van der Waals surface area (Å²) in [6.07, 6.45) is 2.49. The second-order valence-corrected chi connectivity index (χ2v) is 5.88. The largest absolute Gasteiger partial charge is 0.395 e. The standard InChI is InChI=1S/C17H23NO2S/c1-13(12-21-4)18(3)17(20)16-10-7-9-15(14(16)2)8-5-6-11-19/h7,9-10,13,19H,6,11-12H2,1-4H3. The van der Waals surface area contributed by atoms with Crippen LogP contribution in [0, 0.1) is 18.8 Å². The number of benzene rings is 1. The third-order valence-electron chi connectivity index (χ3n) is 3.41. The summed E-state index contributed by atoms with van der Waals surface area (Å²) in [5.41, 5.74) is 2.44. The van der Waals surface area contributed by atoms with E-state index in [1.165, 1.54) is 0 Å². The molecule has 1 amide bonds. The maximum atomic E-state index is 12.6. The lowest BCUT2D eigenvalue weighted by Crippen LogP contribution is -2.37. The van der Waals surface area contributed by atoms with Gasteiger partial charge in [0.1, 0.15) is 0 Å². The first-order chi connectivity index (χ1) is 10.0. The molecule has 114 valence electrons. The Hall–Kier alpha value is -1.44. The molecular weight excluding hydrogens is 282 g/mol. The fourth-order valence-corrected chi connectivity index (χ4v) is 2.67. The Bertz CT molecular complexity index is 545. The summed E-state index contributed by atoms with van der Waals surface area (Å²) in [4.78, 5) is 14.4. The molecule has 0 fully saturated rings. The number of aliphatic hydroxyl groups is 1. The van der Waals surface area contributed by atoms with E-state index in [0.29, 0.717) is 12.0 Å². The van der Waals surface area contributed by atoms with Crippen molar-refractivity contribution in [2.24, 2.45) is 0 Å². The number of aliphatic hydroxyl groups excluding tert-OH is 1. The van der Waals surface area contributed by atoms with Crippen LogP contribution in [0.1, 0.15) is 34.8 Å². The summed E-state index contributed by atoms with van der Waals surface area (Å²) in [5, 5.41) is 8.78. The van der Waals surface area contributed by atoms with Crippen LogP contribution < -0.4 is 0 Å². The SMILES string of the molecule is CSCC(C)N(C)C(=O)c1cccc(C#CCCO)c1C. The van der Waals surface area contributed by atoms with E-state index in [-0.39, 0.29) is 18.6 Å². The summed E-state index contributed by atoms with van der Waals surface area (Å²) < 4.78 is 0. The monoisotopic (exact) mass is 305 g/mol. The van der Waals surface area contributed by atoms with Crippen molar-refractivity contribution in [1.29, 1.82) is 0 Å². The highest BCUT2D eigenvalue weighted by Gasteiger charge is 2.19. The molecule has 0 aliphatic carbocycles. The van der Waals surface area contributed by atoms with E-state index in [1.54, 1.807) is 16.7 Å². The lowest BCUT2D eigenvalue weighted by molar-refractivity contribution is 0.0757. The summed E-state index contributed by atoms with van der Waals surface area (Å²) in [6.45, 7) is 4.03. The Morgan fingerprint density at radius 3 is 2.81 bits per heavy atom. The highest BCUT2D eigenvalue weighted by atomic mass is 32.2. The predicted octanol–water partition coefficient (Wildman–Crippen LogP) is 2.55. The zero-order valence-electron chi connectivity index (χ0n) is 13.1. The first-order valence-electron chi connectivity index (χ1n) is 6.98. The van der Waals surface area contributed by atoms with Crippen LogP contribution in [-0.4, -0.2) is 47.6 Å². The number of hydrogen-bond acceptors (Lipinski definition) is 3. The van der Waals surface area contributed by atoms with E-state index in [4.69, 9.17) is 5.11 Å². The van der Waals surface area contributed by atoms with Gasteiger partial charge in [-0.15, -0.1) is 0 Å². The van der Waals surface area contributed by atoms with Gasteiger partial charge >= 0.3 is 0 Å². The molecule has 0 aliphatic rings. The number of amides is 1. The molecule has 0 aromatic heterocycles. The van der Waals surface area contributed by atoms with Gasteiger partial charge in [0.15, 0.2) is 0 Å². The Balaban J connectivity index is 3.01. The third kappa shape index (κ3) is 4.80. The fourth-order valence-electron chi connectivity index (χ4n) is 1.96. The summed E-state index contributed by atoms with van der Waals surface area (Å²) in [5.74, 6) is 6.86. The van der Waals surface area contributed by atoms with Gasteiger partial charge in [-0.2, -0.15) is 11.8 Å². The minimum absolute atomic E-state index is 0.0276. The Labute approximate surface area is 131 Å². The number of rotatable bonds is 5. The van der Waals surface area contributed by atoms with Gasteiger partial charge in [-0.05, 0) is 37.8 Å². The second-order valence-electron chi connectivity index (χ2n) is 4.97. The first kappa shape index (κ1) is 17.6. The number of thioether (sulfide) groups is 1. The van der Waals surface area contributed by atoms with Crippen LogP contribution in [0.15, 0.2) is 18.2 Å². The molecule has 0 bridgehead atoms. The van der Waals surface area contributed by atoms with E-state index in [1.807, 2.05) is 38.4 Å². The highest BCUT2D eigenvalue weighted by Crippen LogP contribution is 2.16. The second kappa shape index (κ2) is 8.76. The maximum Gasteiger partial charge on any atom is 0.254 e. The Morgan fingerprint density at radius 2 is 2.19 bits per heavy atom. The number of nitrogens with zero attached hydrogens (tertiary/aromatic N) is 1. The molecule has 21 heavy (non-hydrogen) atoms. The van der Waals surface area contributed by atoms with E-state index in [0.717, 1.165) is 16.9 Å². The van der Waals surface area contributed by atoms with Gasteiger partial charge in [-0.25, -0.2) is 0 Å². The van der Waals surface area contributed by atoms with Gasteiger partial charge in [0.2, 0.25) is 0 Å². The van der Waals surface area contributed by atoms with Crippen LogP contribution in [-0.2, 0) is 0 Å². The van der Waals surface area contributed by atoms with Crippen LogP contribution >= 0.6 is 11.8 Å². The van der Waals surface area contributed by atoms with Crippen LogP contribution in [0.5, 0.6) is 0 Å². The molecule has 0 saturated carbocycles. The van der Waals surface area contributed by atoms with Gasteiger partial charge in [-0.1, -0.05) is 17.9 Å². The molecule has 3 nitrogen and oxygen atoms in total. The van der Waals surface area contributed by atoms with E-state index < -0.39 is 0 Å². The number of carbonyl (C=O) groups is 1. The molecule has 0 heterocycles. The van der Waals surface area contributed by atoms with Crippen molar-refractivity contribution in [2.75, 3.05) is 25.7 Å². The highest BCUT2D eigenvalue weighted by molar-refractivity contribution is 7.98.